The molecular weight excluding hydrogens is 150 g/mol. The molecule has 1 aliphatic rings. The van der Waals surface area contributed by atoms with E-state index in [-0.39, 0.29) is 0 Å². The number of carbonyl (C=O) groups excluding carboxylic acids is 1. The van der Waals surface area contributed by atoms with Crippen LogP contribution in [0.3, 0.4) is 0 Å². The summed E-state index contributed by atoms with van der Waals surface area (Å²) in [4.78, 5) is 10.1. The van der Waals surface area contributed by atoms with E-state index in [2.05, 4.69) is 0 Å². The molecule has 0 fully saturated rings. The number of hydrogen-bond donors (Lipinski definition) is 1. The maximum absolute atomic E-state index is 10.1. The van der Waals surface area contributed by atoms with Crippen molar-refractivity contribution >= 4 is 15.7 Å². The highest BCUT2D eigenvalue weighted by atomic mass is 32.2. The van der Waals surface area contributed by atoms with E-state index >= 15 is 0 Å². The molecule has 0 aromatic carbocycles. The molecule has 0 bridgehead atoms. The third-order valence-electron chi connectivity index (χ3n) is 1.09. The second kappa shape index (κ2) is 2.73. The van der Waals surface area contributed by atoms with Gasteiger partial charge in [-0.2, -0.15) is 0 Å². The van der Waals surface area contributed by atoms with Crippen LogP contribution in [0.15, 0.2) is 22.3 Å². The van der Waals surface area contributed by atoms with Crippen molar-refractivity contribution in [1.82, 2.24) is 0 Å². The van der Waals surface area contributed by atoms with Crippen molar-refractivity contribution in [2.45, 2.75) is 0 Å². The summed E-state index contributed by atoms with van der Waals surface area (Å²) in [6, 6.07) is 0. The van der Waals surface area contributed by atoms with Gasteiger partial charge in [0.15, 0.2) is 5.23 Å². The topological polar surface area (TPSA) is 52.3 Å². The molecule has 0 spiro atoms. The van der Waals surface area contributed by atoms with E-state index in [4.69, 9.17) is 10.5 Å². The van der Waals surface area contributed by atoms with Crippen molar-refractivity contribution in [3.8, 4) is 0 Å². The van der Waals surface area contributed by atoms with E-state index in [0.717, 1.165) is 0 Å². The summed E-state index contributed by atoms with van der Waals surface area (Å²) in [6.45, 7) is 0. The summed E-state index contributed by atoms with van der Waals surface area (Å²) in [5, 5.41) is 5.11. The Morgan fingerprint density at radius 1 is 1.70 bits per heavy atom. The van der Waals surface area contributed by atoms with Crippen LogP contribution in [0.25, 0.3) is 0 Å². The third-order valence-corrected chi connectivity index (χ3v) is 2.26. The van der Waals surface area contributed by atoms with Crippen LogP contribution in [0.1, 0.15) is 0 Å². The third kappa shape index (κ3) is 1.12. The second-order valence-electron chi connectivity index (χ2n) is 1.71. The van der Waals surface area contributed by atoms with E-state index in [9.17, 15) is 4.79 Å². The predicted octanol–water partition coefficient (Wildman–Crippen LogP) is 0.624. The molecule has 0 amide bonds. The Kier molecular flexibility index (Phi) is 1.94. The van der Waals surface area contributed by atoms with Gasteiger partial charge in [0.1, 0.15) is 5.76 Å². The van der Waals surface area contributed by atoms with Crippen LogP contribution in [0.4, 0.5) is 0 Å². The highest BCUT2D eigenvalue weighted by molar-refractivity contribution is 8.19. The van der Waals surface area contributed by atoms with Gasteiger partial charge in [0.25, 0.3) is 0 Å². The Balaban J connectivity index is 3.00. The predicted molar refractivity (Wildman–Crippen MR) is 40.6 cm³/mol. The number of methoxy groups -OCH3 is 1. The number of ether oxygens (including phenoxy) is 1. The SMILES string of the molecule is COC1=CS(=C=O)C=C1N. The van der Waals surface area contributed by atoms with E-state index in [1.54, 1.807) is 10.8 Å². The molecule has 1 atom stereocenters. The number of nitrogens with two attached hydrogens (primary N) is 1. The maximum Gasteiger partial charge on any atom is 0.164 e. The Hall–Kier alpha value is -0.990. The number of hydrogen-bond acceptors (Lipinski definition) is 3. The van der Waals surface area contributed by atoms with Crippen LogP contribution in [-0.4, -0.2) is 12.3 Å². The summed E-state index contributed by atoms with van der Waals surface area (Å²) < 4.78 is 4.85. The van der Waals surface area contributed by atoms with Crippen molar-refractivity contribution in [1.29, 1.82) is 0 Å². The Morgan fingerprint density at radius 2 is 2.40 bits per heavy atom. The molecule has 3 nitrogen and oxygen atoms in total. The van der Waals surface area contributed by atoms with Gasteiger partial charge in [-0.1, -0.05) is 0 Å². The van der Waals surface area contributed by atoms with E-state index in [0.29, 0.717) is 11.5 Å². The van der Waals surface area contributed by atoms with Gasteiger partial charge in [-0.05, 0) is 10.5 Å². The fourth-order valence-electron chi connectivity index (χ4n) is 0.626. The molecule has 1 unspecified atom stereocenters. The average molecular weight is 157 g/mol. The van der Waals surface area contributed by atoms with Crippen LogP contribution in [0.5, 0.6) is 0 Å². The summed E-state index contributed by atoms with van der Waals surface area (Å²) >= 11 is 0. The first-order valence-corrected chi connectivity index (χ1v) is 3.96. The molecule has 10 heavy (non-hydrogen) atoms. The summed E-state index contributed by atoms with van der Waals surface area (Å²) in [6.07, 6.45) is 0. The lowest BCUT2D eigenvalue weighted by molar-refractivity contribution is 0.302. The van der Waals surface area contributed by atoms with E-state index in [1.165, 1.54) is 7.11 Å². The minimum atomic E-state index is -0.574. The molecule has 0 saturated carbocycles. The highest BCUT2D eigenvalue weighted by Crippen LogP contribution is 2.28. The van der Waals surface area contributed by atoms with Crippen LogP contribution in [0.2, 0.25) is 0 Å². The second-order valence-corrected chi connectivity index (χ2v) is 3.10. The van der Waals surface area contributed by atoms with E-state index in [1.807, 2.05) is 5.23 Å². The first-order valence-electron chi connectivity index (χ1n) is 2.61. The molecule has 54 valence electrons. The lowest BCUT2D eigenvalue weighted by atomic mass is 10.4. The zero-order valence-corrected chi connectivity index (χ0v) is 6.27. The standard InChI is InChI=1S/C6H7NO2S/c1-9-6-3-10(4-8)2-5(6)7/h2-3H,7H2,1H3. The van der Waals surface area contributed by atoms with Crippen LogP contribution in [0, 0.1) is 0 Å². The van der Waals surface area contributed by atoms with Gasteiger partial charge in [-0.25, -0.2) is 4.79 Å². The van der Waals surface area contributed by atoms with Crippen molar-refractivity contribution in [2.75, 3.05) is 7.11 Å². The average Bonchev–Trinajstić information content (AvgIpc) is 2.30. The van der Waals surface area contributed by atoms with E-state index < -0.39 is 10.5 Å². The van der Waals surface area contributed by atoms with Gasteiger partial charge in [0, 0.05) is 10.8 Å². The van der Waals surface area contributed by atoms with Gasteiger partial charge in [-0.15, -0.1) is 0 Å². The first kappa shape index (κ1) is 7.12. The Morgan fingerprint density at radius 3 is 2.70 bits per heavy atom. The van der Waals surface area contributed by atoms with Crippen molar-refractivity contribution < 1.29 is 9.53 Å². The van der Waals surface area contributed by atoms with Crippen molar-refractivity contribution in [3.05, 3.63) is 22.3 Å². The fourth-order valence-corrected chi connectivity index (χ4v) is 1.64. The van der Waals surface area contributed by atoms with Gasteiger partial charge in [-0.3, -0.25) is 0 Å². The lowest BCUT2D eigenvalue weighted by Gasteiger charge is -1.97. The molecule has 1 rings (SSSR count). The normalized spacial score (nSPS) is 23.1. The quantitative estimate of drug-likeness (QED) is 0.568. The summed E-state index contributed by atoms with van der Waals surface area (Å²) in [7, 11) is 0.944. The monoisotopic (exact) mass is 157 g/mol. The van der Waals surface area contributed by atoms with Gasteiger partial charge in [0.2, 0.25) is 0 Å². The molecule has 0 aliphatic carbocycles. The molecule has 0 aromatic rings. The largest absolute Gasteiger partial charge is 0.494 e. The molecule has 2 N–H and O–H groups in total. The molecule has 4 heteroatoms. The van der Waals surface area contributed by atoms with Crippen molar-refractivity contribution in [3.63, 3.8) is 0 Å². The van der Waals surface area contributed by atoms with Gasteiger partial charge in [0.05, 0.1) is 12.8 Å². The molecule has 0 saturated heterocycles. The van der Waals surface area contributed by atoms with Gasteiger partial charge < -0.3 is 10.5 Å². The minimum absolute atomic E-state index is 0.522. The van der Waals surface area contributed by atoms with Crippen LogP contribution < -0.4 is 5.73 Å². The Bertz CT molecular complexity index is 261. The molecule has 1 heterocycles. The lowest BCUT2D eigenvalue weighted by Crippen LogP contribution is -1.98. The molecule has 1 aliphatic heterocycles. The summed E-state index contributed by atoms with van der Waals surface area (Å²) in [5.41, 5.74) is 5.97. The van der Waals surface area contributed by atoms with Crippen LogP contribution in [-0.2, 0) is 9.53 Å². The zero-order chi connectivity index (χ0) is 7.56. The molecule has 0 radical (unpaired) electrons. The summed E-state index contributed by atoms with van der Waals surface area (Å²) in [5.74, 6) is 0.576. The van der Waals surface area contributed by atoms with Crippen molar-refractivity contribution in [2.24, 2.45) is 5.73 Å². The Labute approximate surface area is 61.1 Å². The molecular formula is C6H7NO2S. The first-order chi connectivity index (χ1) is 4.77. The molecule has 0 aromatic heterocycles. The van der Waals surface area contributed by atoms with Crippen LogP contribution >= 0.6 is 10.5 Å². The smallest absolute Gasteiger partial charge is 0.164 e. The minimum Gasteiger partial charge on any atom is -0.494 e. The number of rotatable bonds is 1. The maximum atomic E-state index is 10.1. The fraction of sp³-hybridized carbons (Fsp3) is 0.167. The zero-order valence-electron chi connectivity index (χ0n) is 5.46. The van der Waals surface area contributed by atoms with Gasteiger partial charge >= 0.3 is 0 Å². The highest BCUT2D eigenvalue weighted by Gasteiger charge is 2.08.